The molecule has 80 valence electrons. The van der Waals surface area contributed by atoms with Crippen molar-refractivity contribution in [3.8, 4) is 0 Å². The molecule has 0 bridgehead atoms. The molecular weight excluding hydrogens is 184 g/mol. The first-order valence-electron chi connectivity index (χ1n) is 4.11. The van der Waals surface area contributed by atoms with Crippen molar-refractivity contribution in [1.29, 1.82) is 0 Å². The zero-order chi connectivity index (χ0) is 11.6. The summed E-state index contributed by atoms with van der Waals surface area (Å²) in [4.78, 5) is 19.9. The van der Waals surface area contributed by atoms with Crippen LogP contribution in [-0.4, -0.2) is 23.7 Å². The quantitative estimate of drug-likeness (QED) is 0.427. The van der Waals surface area contributed by atoms with Crippen LogP contribution in [0.2, 0.25) is 0 Å². The molecule has 0 aromatic rings. The number of esters is 1. The Bertz CT molecular complexity index is 218. The fourth-order valence-electron chi connectivity index (χ4n) is 0.258. The first kappa shape index (κ1) is 14.9. The summed E-state index contributed by atoms with van der Waals surface area (Å²) in [6, 6.07) is 0. The summed E-state index contributed by atoms with van der Waals surface area (Å²) in [7, 11) is 0. The third kappa shape index (κ3) is 13.0. The van der Waals surface area contributed by atoms with Gasteiger partial charge in [-0.25, -0.2) is 4.79 Å². The number of hydrogen-bond donors (Lipinski definition) is 1. The van der Waals surface area contributed by atoms with Crippen LogP contribution in [0.15, 0.2) is 24.8 Å². The minimum Gasteiger partial charge on any atom is -0.481 e. The highest BCUT2D eigenvalue weighted by atomic mass is 16.5. The Balaban J connectivity index is 0. The van der Waals surface area contributed by atoms with Crippen LogP contribution in [0.1, 0.15) is 20.3 Å². The lowest BCUT2D eigenvalue weighted by molar-refractivity contribution is -0.138. The number of carbonyl (C=O) groups is 2. The molecule has 0 unspecified atom stereocenters. The number of carboxylic acids is 1. The molecule has 0 atom stereocenters. The van der Waals surface area contributed by atoms with Crippen molar-refractivity contribution >= 4 is 11.9 Å². The summed E-state index contributed by atoms with van der Waals surface area (Å²) < 4.78 is 4.60. The molecule has 0 heterocycles. The van der Waals surface area contributed by atoms with Gasteiger partial charge < -0.3 is 9.84 Å². The summed E-state index contributed by atoms with van der Waals surface area (Å²) in [5, 5.41) is 7.72. The number of rotatable bonds is 4. The normalized spacial score (nSPS) is 7.86. The van der Waals surface area contributed by atoms with Gasteiger partial charge in [-0.15, -0.1) is 0 Å². The van der Waals surface area contributed by atoms with Crippen LogP contribution in [0.4, 0.5) is 0 Å². The number of ether oxygens (including phenoxy) is 1. The largest absolute Gasteiger partial charge is 0.481 e. The maximum Gasteiger partial charge on any atom is 0.333 e. The molecule has 0 rings (SSSR count). The molecule has 0 aromatic heterocycles. The second-order valence-corrected chi connectivity index (χ2v) is 2.41. The summed E-state index contributed by atoms with van der Waals surface area (Å²) in [6.07, 6.45) is 1.74. The highest BCUT2D eigenvalue weighted by molar-refractivity contribution is 5.86. The van der Waals surface area contributed by atoms with Crippen molar-refractivity contribution in [2.24, 2.45) is 0 Å². The van der Waals surface area contributed by atoms with Gasteiger partial charge in [0.05, 0.1) is 0 Å². The highest BCUT2D eigenvalue weighted by Crippen LogP contribution is 1.90. The zero-order valence-electron chi connectivity index (χ0n) is 8.58. The van der Waals surface area contributed by atoms with E-state index in [1.165, 1.54) is 6.08 Å². The van der Waals surface area contributed by atoms with Gasteiger partial charge in [0.1, 0.15) is 6.61 Å². The van der Waals surface area contributed by atoms with E-state index in [0.717, 1.165) is 0 Å². The van der Waals surface area contributed by atoms with Crippen molar-refractivity contribution in [3.63, 3.8) is 0 Å². The van der Waals surface area contributed by atoms with E-state index in [2.05, 4.69) is 17.9 Å². The fraction of sp³-hybridized carbons (Fsp3) is 0.400. The van der Waals surface area contributed by atoms with Crippen molar-refractivity contribution < 1.29 is 19.4 Å². The smallest absolute Gasteiger partial charge is 0.333 e. The number of carboxylic acid groups (broad SMARTS) is 1. The Morgan fingerprint density at radius 2 is 1.93 bits per heavy atom. The van der Waals surface area contributed by atoms with Crippen LogP contribution in [0, 0.1) is 0 Å². The predicted octanol–water partition coefficient (Wildman–Crippen LogP) is 1.77. The van der Waals surface area contributed by atoms with E-state index in [4.69, 9.17) is 5.11 Å². The molecule has 14 heavy (non-hydrogen) atoms. The van der Waals surface area contributed by atoms with Gasteiger partial charge in [-0.1, -0.05) is 26.2 Å². The molecule has 0 aliphatic carbocycles. The van der Waals surface area contributed by atoms with Crippen LogP contribution in [0.25, 0.3) is 0 Å². The third-order valence-corrected chi connectivity index (χ3v) is 0.983. The first-order valence-corrected chi connectivity index (χ1v) is 4.11. The fourth-order valence-corrected chi connectivity index (χ4v) is 0.258. The lowest BCUT2D eigenvalue weighted by atomic mass is 10.4. The van der Waals surface area contributed by atoms with Gasteiger partial charge in [-0.3, -0.25) is 4.79 Å². The maximum atomic E-state index is 10.5. The van der Waals surface area contributed by atoms with E-state index >= 15 is 0 Å². The van der Waals surface area contributed by atoms with E-state index in [0.29, 0.717) is 5.57 Å². The predicted molar refractivity (Wildman–Crippen MR) is 53.9 cm³/mol. The van der Waals surface area contributed by atoms with Crippen molar-refractivity contribution in [2.45, 2.75) is 20.3 Å². The van der Waals surface area contributed by atoms with Gasteiger partial charge >= 0.3 is 11.9 Å². The van der Waals surface area contributed by atoms with Gasteiger partial charge in [-0.2, -0.15) is 0 Å². The summed E-state index contributed by atoms with van der Waals surface area (Å²) in [6.45, 7) is 10.2. The molecule has 0 aromatic carbocycles. The van der Waals surface area contributed by atoms with Gasteiger partial charge in [0.25, 0.3) is 0 Å². The monoisotopic (exact) mass is 200 g/mol. The standard InChI is InChI=1S/C7H10O2.C3H6O2/c1-4-5-9-7(8)6(2)3;1-2-3(4)5/h4H,1-2,5H2,3H3;2H2,1H3,(H,4,5). The zero-order valence-corrected chi connectivity index (χ0v) is 8.58. The van der Waals surface area contributed by atoms with Crippen LogP contribution < -0.4 is 0 Å². The lowest BCUT2D eigenvalue weighted by Crippen LogP contribution is -2.03. The Morgan fingerprint density at radius 3 is 2.14 bits per heavy atom. The molecule has 0 fully saturated rings. The van der Waals surface area contributed by atoms with Crippen molar-refractivity contribution in [1.82, 2.24) is 0 Å². The SMILES string of the molecule is C=CCOC(=O)C(=C)C.CCC(=O)O. The molecule has 0 aliphatic heterocycles. The minimum atomic E-state index is -0.745. The van der Waals surface area contributed by atoms with Crippen LogP contribution >= 0.6 is 0 Å². The lowest BCUT2D eigenvalue weighted by Gasteiger charge is -1.97. The number of aliphatic carboxylic acids is 1. The molecule has 0 spiro atoms. The van der Waals surface area contributed by atoms with Crippen LogP contribution in [0.3, 0.4) is 0 Å². The average molecular weight is 200 g/mol. The molecule has 1 N–H and O–H groups in total. The van der Waals surface area contributed by atoms with E-state index in [9.17, 15) is 9.59 Å². The van der Waals surface area contributed by atoms with Gasteiger partial charge in [0.15, 0.2) is 0 Å². The van der Waals surface area contributed by atoms with Crippen LogP contribution in [-0.2, 0) is 14.3 Å². The third-order valence-electron chi connectivity index (χ3n) is 0.983. The Morgan fingerprint density at radius 1 is 1.50 bits per heavy atom. The van der Waals surface area contributed by atoms with E-state index in [1.54, 1.807) is 13.8 Å². The second-order valence-electron chi connectivity index (χ2n) is 2.41. The van der Waals surface area contributed by atoms with Gasteiger partial charge in [-0.05, 0) is 6.92 Å². The van der Waals surface area contributed by atoms with Crippen molar-refractivity contribution in [3.05, 3.63) is 24.8 Å². The van der Waals surface area contributed by atoms with Gasteiger partial charge in [0, 0.05) is 12.0 Å². The second kappa shape index (κ2) is 9.51. The molecule has 0 saturated carbocycles. The summed E-state index contributed by atoms with van der Waals surface area (Å²) >= 11 is 0. The Hall–Kier alpha value is -1.58. The minimum absolute atomic E-state index is 0.222. The average Bonchev–Trinajstić information content (AvgIpc) is 2.14. The molecular formula is C10H16O4. The van der Waals surface area contributed by atoms with E-state index in [1.807, 2.05) is 0 Å². The molecule has 0 amide bonds. The number of carbonyl (C=O) groups excluding carboxylic acids is 1. The highest BCUT2D eigenvalue weighted by Gasteiger charge is 1.98. The molecule has 0 aliphatic rings. The molecule has 0 saturated heterocycles. The first-order chi connectivity index (χ1) is 6.45. The molecule has 4 heteroatoms. The van der Waals surface area contributed by atoms with E-state index in [-0.39, 0.29) is 19.0 Å². The Kier molecular flexibility index (Phi) is 10.1. The molecule has 0 radical (unpaired) electrons. The maximum absolute atomic E-state index is 10.5. The Labute approximate surface area is 83.9 Å². The number of hydrogen-bond acceptors (Lipinski definition) is 3. The van der Waals surface area contributed by atoms with Gasteiger partial charge in [0.2, 0.25) is 0 Å². The summed E-state index contributed by atoms with van der Waals surface area (Å²) in [5.74, 6) is -1.11. The van der Waals surface area contributed by atoms with Crippen molar-refractivity contribution in [2.75, 3.05) is 6.61 Å². The molecule has 4 nitrogen and oxygen atoms in total. The topological polar surface area (TPSA) is 63.6 Å². The summed E-state index contributed by atoms with van der Waals surface area (Å²) in [5.41, 5.74) is 0.414. The van der Waals surface area contributed by atoms with E-state index < -0.39 is 5.97 Å². The van der Waals surface area contributed by atoms with Crippen LogP contribution in [0.5, 0.6) is 0 Å².